The van der Waals surface area contributed by atoms with E-state index in [4.69, 9.17) is 14.2 Å². The lowest BCUT2D eigenvalue weighted by Gasteiger charge is -2.31. The van der Waals surface area contributed by atoms with Gasteiger partial charge >= 0.3 is 5.97 Å². The molecule has 0 radical (unpaired) electrons. The molecule has 0 saturated carbocycles. The SMILES string of the molecule is COc1ccc(C(=O)C2CCN(CCOC(C)=O)CC2)cc1OC. The molecule has 1 aliphatic heterocycles. The van der Waals surface area contributed by atoms with E-state index in [-0.39, 0.29) is 17.7 Å². The summed E-state index contributed by atoms with van der Waals surface area (Å²) in [5, 5.41) is 0. The van der Waals surface area contributed by atoms with Gasteiger partial charge < -0.3 is 14.2 Å². The molecule has 0 unspecified atom stereocenters. The van der Waals surface area contributed by atoms with Gasteiger partial charge in [-0.25, -0.2) is 0 Å². The van der Waals surface area contributed by atoms with Gasteiger partial charge in [0.15, 0.2) is 17.3 Å². The summed E-state index contributed by atoms with van der Waals surface area (Å²) < 4.78 is 15.4. The Balaban J connectivity index is 1.89. The third-order valence-electron chi connectivity index (χ3n) is 4.34. The maximum Gasteiger partial charge on any atom is 0.302 e. The first-order chi connectivity index (χ1) is 11.5. The summed E-state index contributed by atoms with van der Waals surface area (Å²) in [5.74, 6) is 1.11. The van der Waals surface area contributed by atoms with Crippen molar-refractivity contribution in [3.63, 3.8) is 0 Å². The van der Waals surface area contributed by atoms with Crippen molar-refractivity contribution < 1.29 is 23.8 Å². The summed E-state index contributed by atoms with van der Waals surface area (Å²) in [5.41, 5.74) is 0.658. The number of esters is 1. The Bertz CT molecular complexity index is 579. The number of ether oxygens (including phenoxy) is 3. The topological polar surface area (TPSA) is 65.1 Å². The molecule has 1 saturated heterocycles. The van der Waals surface area contributed by atoms with E-state index in [0.29, 0.717) is 23.7 Å². The fourth-order valence-electron chi connectivity index (χ4n) is 2.96. The van der Waals surface area contributed by atoms with E-state index >= 15 is 0 Å². The molecule has 1 aromatic carbocycles. The monoisotopic (exact) mass is 335 g/mol. The van der Waals surface area contributed by atoms with Crippen molar-refractivity contribution >= 4 is 11.8 Å². The van der Waals surface area contributed by atoms with E-state index in [2.05, 4.69) is 4.90 Å². The minimum atomic E-state index is -0.256. The molecule has 2 rings (SSSR count). The second-order valence-corrected chi connectivity index (χ2v) is 5.89. The van der Waals surface area contributed by atoms with Crippen LogP contribution in [0.15, 0.2) is 18.2 Å². The number of methoxy groups -OCH3 is 2. The third kappa shape index (κ3) is 4.71. The number of hydrogen-bond acceptors (Lipinski definition) is 6. The smallest absolute Gasteiger partial charge is 0.302 e. The molecule has 0 N–H and O–H groups in total. The molecule has 0 bridgehead atoms. The number of hydrogen-bond donors (Lipinski definition) is 0. The normalized spacial score (nSPS) is 15.8. The Hall–Kier alpha value is -2.08. The maximum atomic E-state index is 12.7. The number of carbonyl (C=O) groups is 2. The number of Topliss-reactive ketones (excluding diaryl/α,β-unsaturated/α-hetero) is 1. The summed E-state index contributed by atoms with van der Waals surface area (Å²) in [7, 11) is 3.14. The minimum absolute atomic E-state index is 0.0214. The molecule has 6 nitrogen and oxygen atoms in total. The van der Waals surface area contributed by atoms with Gasteiger partial charge in [-0.3, -0.25) is 14.5 Å². The molecule has 0 amide bonds. The van der Waals surface area contributed by atoms with Gasteiger partial charge in [-0.2, -0.15) is 0 Å². The predicted molar refractivity (Wildman–Crippen MR) is 89.7 cm³/mol. The lowest BCUT2D eigenvalue weighted by molar-refractivity contribution is -0.141. The van der Waals surface area contributed by atoms with Gasteiger partial charge in [-0.05, 0) is 44.1 Å². The Morgan fingerprint density at radius 1 is 1.12 bits per heavy atom. The quantitative estimate of drug-likeness (QED) is 0.562. The van der Waals surface area contributed by atoms with Crippen molar-refractivity contribution in [1.29, 1.82) is 0 Å². The van der Waals surface area contributed by atoms with E-state index in [0.717, 1.165) is 32.5 Å². The standard InChI is InChI=1S/C18H25NO5/c1-13(20)24-11-10-19-8-6-14(7-9-19)18(21)15-4-5-16(22-2)17(12-15)23-3/h4-5,12,14H,6-11H2,1-3H3. The molecule has 0 aliphatic carbocycles. The van der Waals surface area contributed by atoms with Crippen LogP contribution in [-0.2, 0) is 9.53 Å². The zero-order valence-corrected chi connectivity index (χ0v) is 14.5. The lowest BCUT2D eigenvalue weighted by atomic mass is 9.89. The van der Waals surface area contributed by atoms with Crippen LogP contribution in [0.5, 0.6) is 11.5 Å². The molecule has 1 heterocycles. The number of likely N-dealkylation sites (tertiary alicyclic amines) is 1. The Morgan fingerprint density at radius 2 is 1.79 bits per heavy atom. The molecule has 6 heteroatoms. The summed E-state index contributed by atoms with van der Waals surface area (Å²) >= 11 is 0. The van der Waals surface area contributed by atoms with Crippen LogP contribution in [0.3, 0.4) is 0 Å². The van der Waals surface area contributed by atoms with Crippen molar-refractivity contribution in [1.82, 2.24) is 4.90 Å². The number of carbonyl (C=O) groups excluding carboxylic acids is 2. The second-order valence-electron chi connectivity index (χ2n) is 5.89. The predicted octanol–water partition coefficient (Wildman–Crippen LogP) is 2.16. The molecule has 1 fully saturated rings. The highest BCUT2D eigenvalue weighted by atomic mass is 16.5. The largest absolute Gasteiger partial charge is 0.493 e. The Kier molecular flexibility index (Phi) is 6.61. The fourth-order valence-corrected chi connectivity index (χ4v) is 2.96. The molecule has 0 aromatic heterocycles. The van der Waals surface area contributed by atoms with E-state index in [1.807, 2.05) is 0 Å². The van der Waals surface area contributed by atoms with Crippen molar-refractivity contribution in [2.75, 3.05) is 40.5 Å². The van der Waals surface area contributed by atoms with Crippen LogP contribution < -0.4 is 9.47 Å². The van der Waals surface area contributed by atoms with E-state index in [1.165, 1.54) is 6.92 Å². The summed E-state index contributed by atoms with van der Waals surface area (Å²) in [6.45, 7) is 4.21. The molecule has 1 aromatic rings. The van der Waals surface area contributed by atoms with Crippen molar-refractivity contribution in [3.8, 4) is 11.5 Å². The summed E-state index contributed by atoms with van der Waals surface area (Å²) in [6, 6.07) is 5.30. The number of nitrogens with zero attached hydrogens (tertiary/aromatic N) is 1. The molecule has 0 atom stereocenters. The van der Waals surface area contributed by atoms with Crippen LogP contribution in [0, 0.1) is 5.92 Å². The van der Waals surface area contributed by atoms with Crippen molar-refractivity contribution in [3.05, 3.63) is 23.8 Å². The third-order valence-corrected chi connectivity index (χ3v) is 4.34. The Morgan fingerprint density at radius 3 is 2.38 bits per heavy atom. The van der Waals surface area contributed by atoms with Gasteiger partial charge in [-0.1, -0.05) is 0 Å². The molecule has 24 heavy (non-hydrogen) atoms. The first kappa shape index (κ1) is 18.3. The van der Waals surface area contributed by atoms with Crippen LogP contribution in [0.25, 0.3) is 0 Å². The number of piperidine rings is 1. The van der Waals surface area contributed by atoms with Crippen LogP contribution in [0.2, 0.25) is 0 Å². The van der Waals surface area contributed by atoms with E-state index in [1.54, 1.807) is 32.4 Å². The van der Waals surface area contributed by atoms with Crippen molar-refractivity contribution in [2.45, 2.75) is 19.8 Å². The van der Waals surface area contributed by atoms with Gasteiger partial charge in [0, 0.05) is 24.9 Å². The summed E-state index contributed by atoms with van der Waals surface area (Å²) in [6.07, 6.45) is 1.63. The van der Waals surface area contributed by atoms with Crippen molar-refractivity contribution in [2.24, 2.45) is 5.92 Å². The Labute approximate surface area is 142 Å². The maximum absolute atomic E-state index is 12.7. The number of ketones is 1. The fraction of sp³-hybridized carbons (Fsp3) is 0.556. The summed E-state index contributed by atoms with van der Waals surface area (Å²) in [4.78, 5) is 25.7. The van der Waals surface area contributed by atoms with Gasteiger partial charge in [0.05, 0.1) is 14.2 Å². The zero-order chi connectivity index (χ0) is 17.5. The average Bonchev–Trinajstić information content (AvgIpc) is 2.60. The average molecular weight is 335 g/mol. The van der Waals surface area contributed by atoms with Crippen LogP contribution >= 0.6 is 0 Å². The minimum Gasteiger partial charge on any atom is -0.493 e. The van der Waals surface area contributed by atoms with Gasteiger partial charge in [0.1, 0.15) is 6.61 Å². The van der Waals surface area contributed by atoms with Gasteiger partial charge in [0.2, 0.25) is 0 Å². The second kappa shape index (κ2) is 8.68. The van der Waals surface area contributed by atoms with Crippen LogP contribution in [0.1, 0.15) is 30.1 Å². The highest BCUT2D eigenvalue weighted by Gasteiger charge is 2.26. The zero-order valence-electron chi connectivity index (χ0n) is 14.5. The highest BCUT2D eigenvalue weighted by Crippen LogP contribution is 2.30. The van der Waals surface area contributed by atoms with Crippen LogP contribution in [0.4, 0.5) is 0 Å². The molecular weight excluding hydrogens is 310 g/mol. The molecule has 1 aliphatic rings. The first-order valence-corrected chi connectivity index (χ1v) is 8.17. The number of rotatable bonds is 7. The van der Waals surface area contributed by atoms with Gasteiger partial charge in [0.25, 0.3) is 0 Å². The van der Waals surface area contributed by atoms with E-state index < -0.39 is 0 Å². The highest BCUT2D eigenvalue weighted by molar-refractivity contribution is 5.98. The van der Waals surface area contributed by atoms with Gasteiger partial charge in [-0.15, -0.1) is 0 Å². The van der Waals surface area contributed by atoms with E-state index in [9.17, 15) is 9.59 Å². The van der Waals surface area contributed by atoms with Crippen LogP contribution in [-0.4, -0.2) is 57.1 Å². The molecular formula is C18H25NO5. The molecule has 0 spiro atoms. The first-order valence-electron chi connectivity index (χ1n) is 8.17. The molecule has 132 valence electrons. The number of benzene rings is 1. The lowest BCUT2D eigenvalue weighted by Crippen LogP contribution is -2.38.